The van der Waals surface area contributed by atoms with Crippen LogP contribution in [0.15, 0.2) is 28.8 Å². The lowest BCUT2D eigenvalue weighted by molar-refractivity contribution is -0.137. The number of benzene rings is 1. The van der Waals surface area contributed by atoms with Crippen molar-refractivity contribution in [1.82, 2.24) is 15.0 Å². The third kappa shape index (κ3) is 3.31. The quantitative estimate of drug-likeness (QED) is 0.847. The van der Waals surface area contributed by atoms with Gasteiger partial charge in [0, 0.05) is 18.7 Å². The van der Waals surface area contributed by atoms with Gasteiger partial charge in [-0.1, -0.05) is 17.3 Å². The fourth-order valence-electron chi connectivity index (χ4n) is 3.22. The molecule has 24 heavy (non-hydrogen) atoms. The van der Waals surface area contributed by atoms with E-state index in [-0.39, 0.29) is 11.7 Å². The van der Waals surface area contributed by atoms with Gasteiger partial charge in [0.2, 0.25) is 11.7 Å². The highest BCUT2D eigenvalue weighted by atomic mass is 19.4. The number of nitrogens with zero attached hydrogens (tertiary/aromatic N) is 3. The van der Waals surface area contributed by atoms with E-state index in [1.165, 1.54) is 18.9 Å². The summed E-state index contributed by atoms with van der Waals surface area (Å²) >= 11 is 0. The molecule has 2 aromatic rings. The average Bonchev–Trinajstić information content (AvgIpc) is 3.04. The Morgan fingerprint density at radius 2 is 2.04 bits per heavy atom. The van der Waals surface area contributed by atoms with Crippen LogP contribution in [0.4, 0.5) is 13.2 Å². The second-order valence-electron chi connectivity index (χ2n) is 6.72. The van der Waals surface area contributed by atoms with Crippen LogP contribution in [0.1, 0.15) is 36.6 Å². The second kappa shape index (κ2) is 5.88. The van der Waals surface area contributed by atoms with Crippen molar-refractivity contribution >= 4 is 0 Å². The Kier molecular flexibility index (Phi) is 3.83. The molecule has 1 saturated carbocycles. The molecule has 4 rings (SSSR count). The van der Waals surface area contributed by atoms with E-state index in [1.807, 2.05) is 0 Å². The SMILES string of the molecule is FC(F)(F)c1cccc(-c2noc(C3CCN(CC4CC4)C3)n2)c1. The standard InChI is InChI=1S/C17H18F3N3O/c18-17(19,20)14-3-1-2-12(8-14)15-21-16(24-22-15)13-6-7-23(10-13)9-11-4-5-11/h1-3,8,11,13H,4-7,9-10H2. The Hall–Kier alpha value is -1.89. The van der Waals surface area contributed by atoms with E-state index < -0.39 is 11.7 Å². The molecule has 7 heteroatoms. The van der Waals surface area contributed by atoms with Crippen LogP contribution < -0.4 is 0 Å². The normalized spacial score (nSPS) is 22.2. The van der Waals surface area contributed by atoms with Gasteiger partial charge in [-0.25, -0.2) is 0 Å². The number of alkyl halides is 3. The number of rotatable bonds is 4. The van der Waals surface area contributed by atoms with Gasteiger partial charge in [0.1, 0.15) is 0 Å². The van der Waals surface area contributed by atoms with E-state index in [1.54, 1.807) is 6.07 Å². The maximum Gasteiger partial charge on any atom is 0.416 e. The molecule has 1 aliphatic carbocycles. The molecule has 1 aliphatic heterocycles. The van der Waals surface area contributed by atoms with Crippen molar-refractivity contribution < 1.29 is 17.7 Å². The van der Waals surface area contributed by atoms with E-state index >= 15 is 0 Å². The van der Waals surface area contributed by atoms with Gasteiger partial charge in [0.25, 0.3) is 0 Å². The largest absolute Gasteiger partial charge is 0.416 e. The van der Waals surface area contributed by atoms with Gasteiger partial charge >= 0.3 is 6.18 Å². The van der Waals surface area contributed by atoms with E-state index in [9.17, 15) is 13.2 Å². The molecule has 2 fully saturated rings. The molecule has 0 amide bonds. The first-order valence-corrected chi connectivity index (χ1v) is 8.22. The maximum atomic E-state index is 12.8. The fraction of sp³-hybridized carbons (Fsp3) is 0.529. The highest BCUT2D eigenvalue weighted by Gasteiger charge is 2.33. The molecule has 1 aromatic heterocycles. The third-order valence-corrected chi connectivity index (χ3v) is 4.72. The molecule has 4 nitrogen and oxygen atoms in total. The van der Waals surface area contributed by atoms with E-state index in [0.29, 0.717) is 11.5 Å². The molecular formula is C17H18F3N3O. The maximum absolute atomic E-state index is 12.8. The Morgan fingerprint density at radius 3 is 2.79 bits per heavy atom. The number of aromatic nitrogens is 2. The molecule has 1 saturated heterocycles. The molecule has 2 heterocycles. The molecule has 128 valence electrons. The van der Waals surface area contributed by atoms with Crippen molar-refractivity contribution in [2.75, 3.05) is 19.6 Å². The Labute approximate surface area is 137 Å². The summed E-state index contributed by atoms with van der Waals surface area (Å²) in [6, 6.07) is 5.03. The minimum atomic E-state index is -4.38. The number of likely N-dealkylation sites (tertiary alicyclic amines) is 1. The van der Waals surface area contributed by atoms with Gasteiger partial charge in [-0.3, -0.25) is 0 Å². The molecule has 1 unspecified atom stereocenters. The van der Waals surface area contributed by atoms with E-state index in [2.05, 4.69) is 15.0 Å². The van der Waals surface area contributed by atoms with Crippen molar-refractivity contribution in [2.24, 2.45) is 5.92 Å². The van der Waals surface area contributed by atoms with Gasteiger partial charge in [-0.15, -0.1) is 0 Å². The van der Waals surface area contributed by atoms with Gasteiger partial charge in [-0.05, 0) is 43.9 Å². The van der Waals surface area contributed by atoms with Crippen LogP contribution >= 0.6 is 0 Å². The first-order valence-electron chi connectivity index (χ1n) is 8.22. The van der Waals surface area contributed by atoms with Crippen LogP contribution in [0.3, 0.4) is 0 Å². The zero-order valence-electron chi connectivity index (χ0n) is 13.1. The molecular weight excluding hydrogens is 319 g/mol. The predicted octanol–water partition coefficient (Wildman–Crippen LogP) is 3.95. The zero-order valence-corrected chi connectivity index (χ0v) is 13.1. The van der Waals surface area contributed by atoms with Crippen molar-refractivity contribution in [1.29, 1.82) is 0 Å². The van der Waals surface area contributed by atoms with Crippen LogP contribution in [0, 0.1) is 5.92 Å². The summed E-state index contributed by atoms with van der Waals surface area (Å²) in [5.41, 5.74) is -0.379. The third-order valence-electron chi connectivity index (χ3n) is 4.72. The van der Waals surface area contributed by atoms with Crippen LogP contribution in [0.2, 0.25) is 0 Å². The summed E-state index contributed by atoms with van der Waals surface area (Å²) in [6.07, 6.45) is -0.781. The molecule has 2 aliphatic rings. The van der Waals surface area contributed by atoms with Gasteiger partial charge in [-0.2, -0.15) is 18.2 Å². The lowest BCUT2D eigenvalue weighted by Crippen LogP contribution is -2.22. The summed E-state index contributed by atoms with van der Waals surface area (Å²) < 4.78 is 43.8. The van der Waals surface area contributed by atoms with Crippen LogP contribution in [-0.4, -0.2) is 34.7 Å². The summed E-state index contributed by atoms with van der Waals surface area (Å²) in [5.74, 6) is 1.76. The zero-order chi connectivity index (χ0) is 16.7. The molecule has 0 spiro atoms. The topological polar surface area (TPSA) is 42.2 Å². The minimum absolute atomic E-state index is 0.177. The first-order chi connectivity index (χ1) is 11.5. The first kappa shape index (κ1) is 15.6. The van der Waals surface area contributed by atoms with Crippen LogP contribution in [-0.2, 0) is 6.18 Å². The smallest absolute Gasteiger partial charge is 0.339 e. The van der Waals surface area contributed by atoms with Crippen LogP contribution in [0.25, 0.3) is 11.4 Å². The Morgan fingerprint density at radius 1 is 1.21 bits per heavy atom. The molecule has 0 N–H and O–H groups in total. The summed E-state index contributed by atoms with van der Waals surface area (Å²) in [6.45, 7) is 3.04. The van der Waals surface area contributed by atoms with Crippen molar-refractivity contribution in [2.45, 2.75) is 31.4 Å². The summed E-state index contributed by atoms with van der Waals surface area (Å²) in [4.78, 5) is 6.76. The number of halogens is 3. The number of hydrogen-bond donors (Lipinski definition) is 0. The number of hydrogen-bond acceptors (Lipinski definition) is 4. The Bertz CT molecular complexity index is 724. The van der Waals surface area contributed by atoms with Crippen molar-refractivity contribution in [3.05, 3.63) is 35.7 Å². The minimum Gasteiger partial charge on any atom is -0.339 e. The van der Waals surface area contributed by atoms with Gasteiger partial charge in [0.15, 0.2) is 0 Å². The molecule has 1 atom stereocenters. The van der Waals surface area contributed by atoms with Crippen molar-refractivity contribution in [3.8, 4) is 11.4 Å². The van der Waals surface area contributed by atoms with Crippen LogP contribution in [0.5, 0.6) is 0 Å². The molecule has 0 radical (unpaired) electrons. The lowest BCUT2D eigenvalue weighted by atomic mass is 10.1. The summed E-state index contributed by atoms with van der Waals surface area (Å²) in [7, 11) is 0. The molecule has 1 aromatic carbocycles. The monoisotopic (exact) mass is 337 g/mol. The van der Waals surface area contributed by atoms with E-state index in [0.717, 1.165) is 44.1 Å². The average molecular weight is 337 g/mol. The highest BCUT2D eigenvalue weighted by Crippen LogP contribution is 2.35. The Balaban J connectivity index is 1.49. The summed E-state index contributed by atoms with van der Waals surface area (Å²) in [5, 5.41) is 3.88. The van der Waals surface area contributed by atoms with Gasteiger partial charge < -0.3 is 9.42 Å². The van der Waals surface area contributed by atoms with Gasteiger partial charge in [0.05, 0.1) is 11.5 Å². The highest BCUT2D eigenvalue weighted by molar-refractivity contribution is 5.55. The molecule has 0 bridgehead atoms. The van der Waals surface area contributed by atoms with Crippen molar-refractivity contribution in [3.63, 3.8) is 0 Å². The fourth-order valence-corrected chi connectivity index (χ4v) is 3.22. The lowest BCUT2D eigenvalue weighted by Gasteiger charge is -2.13. The predicted molar refractivity (Wildman–Crippen MR) is 81.3 cm³/mol. The van der Waals surface area contributed by atoms with E-state index in [4.69, 9.17) is 4.52 Å². The second-order valence-corrected chi connectivity index (χ2v) is 6.72.